The van der Waals surface area contributed by atoms with Gasteiger partial charge < -0.3 is 25.0 Å². The zero-order valence-corrected chi connectivity index (χ0v) is 23.4. The van der Waals surface area contributed by atoms with Crippen molar-refractivity contribution in [1.82, 2.24) is 15.5 Å². The topological polar surface area (TPSA) is 151 Å². The molecule has 0 aromatic heterocycles. The quantitative estimate of drug-likeness (QED) is 0.255. The maximum absolute atomic E-state index is 13.4. The molecule has 0 bridgehead atoms. The molecule has 37 heavy (non-hydrogen) atoms. The van der Waals surface area contributed by atoms with E-state index in [1.165, 1.54) is 33.4 Å². The van der Waals surface area contributed by atoms with Crippen molar-refractivity contribution in [1.29, 1.82) is 0 Å². The molecule has 0 fully saturated rings. The Bertz CT molecular complexity index is 1040. The van der Waals surface area contributed by atoms with Gasteiger partial charge in [-0.2, -0.15) is 0 Å². The Labute approximate surface area is 217 Å². The second-order valence-corrected chi connectivity index (χ2v) is 12.4. The van der Waals surface area contributed by atoms with Gasteiger partial charge in [0.25, 0.3) is 11.8 Å². The maximum atomic E-state index is 13.4. The third-order valence-corrected chi connectivity index (χ3v) is 7.80. The Morgan fingerprint density at radius 1 is 0.946 bits per heavy atom. The maximum Gasteiger partial charge on any atom is 0.265 e. The highest BCUT2D eigenvalue weighted by Crippen LogP contribution is 2.47. The van der Waals surface area contributed by atoms with Gasteiger partial charge in [0.2, 0.25) is 19.2 Å². The van der Waals surface area contributed by atoms with E-state index in [-0.39, 0.29) is 46.8 Å². The zero-order valence-electron chi connectivity index (χ0n) is 22.5. The van der Waals surface area contributed by atoms with Gasteiger partial charge in [-0.15, -0.1) is 0 Å². The Balaban J connectivity index is 2.28. The number of likely N-dealkylation sites (N-methyl/N-ethyl adjacent to an activating group) is 1. The number of hydrogen-bond acceptors (Lipinski definition) is 7. The summed E-state index contributed by atoms with van der Waals surface area (Å²) in [7, 11) is -0.0507. The molecular formula is C25H38N3O8P. The molecule has 1 aliphatic heterocycles. The van der Waals surface area contributed by atoms with Crippen LogP contribution in [0.3, 0.4) is 0 Å². The fourth-order valence-corrected chi connectivity index (χ4v) is 6.26. The van der Waals surface area contributed by atoms with E-state index in [1.54, 1.807) is 0 Å². The summed E-state index contributed by atoms with van der Waals surface area (Å²) in [6.45, 7) is 7.58. The number of nitrogens with one attached hydrogen (secondary N) is 2. The van der Waals surface area contributed by atoms with E-state index in [0.29, 0.717) is 11.3 Å². The molecule has 1 heterocycles. The highest BCUT2D eigenvalue weighted by Gasteiger charge is 2.44. The van der Waals surface area contributed by atoms with E-state index in [1.807, 2.05) is 27.7 Å². The van der Waals surface area contributed by atoms with Gasteiger partial charge in [-0.05, 0) is 36.8 Å². The summed E-state index contributed by atoms with van der Waals surface area (Å²) in [6, 6.07) is 2.17. The number of hydrogen-bond donors (Lipinski definition) is 3. The molecule has 1 unspecified atom stereocenters. The van der Waals surface area contributed by atoms with Crippen LogP contribution in [-0.2, 0) is 14.2 Å². The van der Waals surface area contributed by atoms with E-state index in [0.717, 1.165) is 0 Å². The van der Waals surface area contributed by atoms with Crippen molar-refractivity contribution in [3.8, 4) is 11.5 Å². The predicted molar refractivity (Wildman–Crippen MR) is 138 cm³/mol. The van der Waals surface area contributed by atoms with Gasteiger partial charge in [0.05, 0.1) is 25.3 Å². The molecule has 2 rings (SSSR count). The highest BCUT2D eigenvalue weighted by molar-refractivity contribution is 7.58. The van der Waals surface area contributed by atoms with Crippen molar-refractivity contribution >= 4 is 31.0 Å². The van der Waals surface area contributed by atoms with E-state index < -0.39 is 49.5 Å². The van der Waals surface area contributed by atoms with Crippen LogP contribution < -0.4 is 20.1 Å². The molecule has 3 atom stereocenters. The first-order chi connectivity index (χ1) is 17.3. The summed E-state index contributed by atoms with van der Waals surface area (Å²) < 4.78 is 23.8. The first kappa shape index (κ1) is 30.3. The van der Waals surface area contributed by atoms with Crippen molar-refractivity contribution in [2.75, 3.05) is 33.7 Å². The second kappa shape index (κ2) is 12.6. The predicted octanol–water partition coefficient (Wildman–Crippen LogP) is 2.47. The lowest BCUT2D eigenvalue weighted by Crippen LogP contribution is -2.49. The van der Waals surface area contributed by atoms with Gasteiger partial charge >= 0.3 is 0 Å². The minimum absolute atomic E-state index is 0.00660. The van der Waals surface area contributed by atoms with Crippen LogP contribution in [0.25, 0.3) is 0 Å². The molecule has 12 heteroatoms. The summed E-state index contributed by atoms with van der Waals surface area (Å²) in [5, 5.41) is 5.25. The number of fused-ring (bicyclic) bond motifs is 1. The second-order valence-electron chi connectivity index (χ2n) is 10.1. The average molecular weight is 540 g/mol. The standard InChI is InChI=1S/C25H38N3O8P/c1-14(2)10-16(22(29)27-17(11-15(3)4)23(30)26-5)12-37(33,34)13-28-24(31)20-18(35-6)8-9-19(36-7)21(20)25(28)32/h8-9,14-17H,10-13H2,1-7H3,(H,26,30)(H,27,29)(H,33,34)/t16-,17+/m1/s1. The molecular weight excluding hydrogens is 501 g/mol. The largest absolute Gasteiger partial charge is 0.496 e. The van der Waals surface area contributed by atoms with Crippen LogP contribution in [0, 0.1) is 17.8 Å². The first-order valence-electron chi connectivity index (χ1n) is 12.2. The summed E-state index contributed by atoms with van der Waals surface area (Å²) in [4.78, 5) is 63.3. The number of methoxy groups -OCH3 is 2. The molecule has 1 aromatic rings. The molecule has 4 amide bonds. The van der Waals surface area contributed by atoms with Crippen molar-refractivity contribution in [3.05, 3.63) is 23.3 Å². The van der Waals surface area contributed by atoms with Gasteiger partial charge in [-0.1, -0.05) is 27.7 Å². The Morgan fingerprint density at radius 2 is 1.43 bits per heavy atom. The summed E-state index contributed by atoms with van der Waals surface area (Å²) in [6.07, 6.45) is -0.545. The molecule has 11 nitrogen and oxygen atoms in total. The molecule has 0 aliphatic carbocycles. The molecule has 3 N–H and O–H groups in total. The number of carbonyl (C=O) groups excluding carboxylic acids is 4. The van der Waals surface area contributed by atoms with Crippen LogP contribution in [-0.4, -0.2) is 73.2 Å². The number of nitrogens with zero attached hydrogens (tertiary/aromatic N) is 1. The lowest BCUT2D eigenvalue weighted by molar-refractivity contribution is -0.131. The van der Waals surface area contributed by atoms with Crippen LogP contribution in [0.4, 0.5) is 0 Å². The molecule has 0 saturated heterocycles. The van der Waals surface area contributed by atoms with Crippen LogP contribution in [0.15, 0.2) is 12.1 Å². The van der Waals surface area contributed by atoms with Crippen LogP contribution in [0.2, 0.25) is 0 Å². The molecule has 1 aliphatic rings. The zero-order chi connectivity index (χ0) is 28.1. The minimum atomic E-state index is -4.22. The van der Waals surface area contributed by atoms with Gasteiger partial charge in [0.1, 0.15) is 23.8 Å². The molecule has 0 radical (unpaired) electrons. The van der Waals surface area contributed by atoms with E-state index in [2.05, 4.69) is 10.6 Å². The summed E-state index contributed by atoms with van der Waals surface area (Å²) in [5.41, 5.74) is -0.0733. The van der Waals surface area contributed by atoms with Gasteiger partial charge in [0, 0.05) is 19.1 Å². The van der Waals surface area contributed by atoms with E-state index in [9.17, 15) is 28.6 Å². The van der Waals surface area contributed by atoms with E-state index in [4.69, 9.17) is 9.47 Å². The van der Waals surface area contributed by atoms with Crippen LogP contribution in [0.1, 0.15) is 61.3 Å². The van der Waals surface area contributed by atoms with Gasteiger partial charge in [0.15, 0.2) is 0 Å². The molecule has 0 saturated carbocycles. The number of carbonyl (C=O) groups is 4. The molecule has 1 aromatic carbocycles. The smallest absolute Gasteiger partial charge is 0.265 e. The Hall–Kier alpha value is -2.91. The first-order valence-corrected chi connectivity index (χ1v) is 14.2. The van der Waals surface area contributed by atoms with Gasteiger partial charge in [-0.3, -0.25) is 28.6 Å². The molecule has 206 valence electrons. The van der Waals surface area contributed by atoms with Crippen molar-refractivity contribution < 1.29 is 38.1 Å². The highest BCUT2D eigenvalue weighted by atomic mass is 31.2. The summed E-state index contributed by atoms with van der Waals surface area (Å²) >= 11 is 0. The summed E-state index contributed by atoms with van der Waals surface area (Å²) in [5.74, 6) is -2.91. The number of imide groups is 1. The third-order valence-electron chi connectivity index (χ3n) is 6.07. The number of amides is 4. The van der Waals surface area contributed by atoms with Crippen molar-refractivity contribution in [2.24, 2.45) is 17.8 Å². The SMILES string of the molecule is CNC(=O)[C@H](CC(C)C)NC(=O)[C@H](CC(C)C)CP(=O)(O)CN1C(=O)c2c(OC)ccc(OC)c2C1=O. The Kier molecular flexibility index (Phi) is 10.3. The minimum Gasteiger partial charge on any atom is -0.496 e. The van der Waals surface area contributed by atoms with Crippen molar-refractivity contribution in [2.45, 2.75) is 46.6 Å². The Morgan fingerprint density at radius 3 is 1.84 bits per heavy atom. The average Bonchev–Trinajstić information content (AvgIpc) is 3.06. The van der Waals surface area contributed by atoms with E-state index >= 15 is 0 Å². The number of benzene rings is 1. The third kappa shape index (κ3) is 7.32. The van der Waals surface area contributed by atoms with Crippen molar-refractivity contribution in [3.63, 3.8) is 0 Å². The lowest BCUT2D eigenvalue weighted by atomic mass is 9.96. The normalized spacial score (nSPS) is 16.3. The van der Waals surface area contributed by atoms with Gasteiger partial charge in [-0.25, -0.2) is 0 Å². The fraction of sp³-hybridized carbons (Fsp3) is 0.600. The lowest BCUT2D eigenvalue weighted by Gasteiger charge is -2.26. The fourth-order valence-electron chi connectivity index (χ4n) is 4.44. The van der Waals surface area contributed by atoms with Crippen LogP contribution >= 0.6 is 7.37 Å². The number of rotatable bonds is 13. The van der Waals surface area contributed by atoms with Crippen LogP contribution in [0.5, 0.6) is 11.5 Å². The number of ether oxygens (including phenoxy) is 2. The molecule has 0 spiro atoms. The monoisotopic (exact) mass is 539 g/mol.